The Morgan fingerprint density at radius 3 is 2.23 bits per heavy atom. The van der Waals surface area contributed by atoms with E-state index in [0.717, 1.165) is 13.2 Å². The lowest BCUT2D eigenvalue weighted by molar-refractivity contribution is 0.0818. The van der Waals surface area contributed by atoms with Gasteiger partial charge in [0.25, 0.3) is 0 Å². The third-order valence-corrected chi connectivity index (χ3v) is 4.63. The highest BCUT2D eigenvalue weighted by molar-refractivity contribution is 6.01. The molecule has 2 aliphatic heterocycles. The molecule has 2 saturated heterocycles. The number of rotatable bonds is 4. The molecule has 3 rings (SSSR count). The summed E-state index contributed by atoms with van der Waals surface area (Å²) in [5, 5.41) is 8.94. The van der Waals surface area contributed by atoms with Gasteiger partial charge >= 0.3 is 6.09 Å². The van der Waals surface area contributed by atoms with Crippen LogP contribution in [0.25, 0.3) is 0 Å². The zero-order valence-corrected chi connectivity index (χ0v) is 15.4. The van der Waals surface area contributed by atoms with Crippen LogP contribution in [0.2, 0.25) is 0 Å². The van der Waals surface area contributed by atoms with Gasteiger partial charge in [-0.25, -0.2) is 4.79 Å². The number of benzene rings is 1. The van der Waals surface area contributed by atoms with Crippen LogP contribution in [0.15, 0.2) is 18.2 Å². The molecule has 7 heteroatoms. The van der Waals surface area contributed by atoms with Crippen LogP contribution < -0.4 is 9.47 Å². The van der Waals surface area contributed by atoms with Crippen LogP contribution in [0.1, 0.15) is 36.0 Å². The molecule has 1 aromatic rings. The first-order chi connectivity index (χ1) is 12.6. The molecule has 1 N–H and O–H groups in total. The zero-order chi connectivity index (χ0) is 18.9. The molecule has 0 unspecified atom stereocenters. The van der Waals surface area contributed by atoms with Crippen molar-refractivity contribution >= 4 is 11.9 Å². The van der Waals surface area contributed by atoms with Gasteiger partial charge in [-0.1, -0.05) is 6.07 Å². The van der Waals surface area contributed by atoms with Gasteiger partial charge in [-0.15, -0.1) is 0 Å². The maximum absolute atomic E-state index is 12.6. The molecule has 2 aliphatic rings. The summed E-state index contributed by atoms with van der Waals surface area (Å²) in [5.74, 6) is 0.759. The molecule has 26 heavy (non-hydrogen) atoms. The normalized spacial score (nSPS) is 17.2. The van der Waals surface area contributed by atoms with E-state index in [1.807, 2.05) is 0 Å². The lowest BCUT2D eigenvalue weighted by Gasteiger charge is -2.29. The Hall–Kier alpha value is -2.28. The zero-order valence-electron chi connectivity index (χ0n) is 15.4. The molecule has 1 amide bonds. The molecule has 0 aromatic heterocycles. The van der Waals surface area contributed by atoms with E-state index in [0.29, 0.717) is 43.0 Å². The highest BCUT2D eigenvalue weighted by Crippen LogP contribution is 2.34. The predicted octanol–water partition coefficient (Wildman–Crippen LogP) is 3.07. The number of ketones is 1. The average molecular weight is 365 g/mol. The van der Waals surface area contributed by atoms with Crippen molar-refractivity contribution in [2.45, 2.75) is 25.7 Å². The van der Waals surface area contributed by atoms with Crippen molar-refractivity contribution in [3.05, 3.63) is 23.8 Å². The lowest BCUT2D eigenvalue weighted by Crippen LogP contribution is -2.39. The van der Waals surface area contributed by atoms with E-state index in [9.17, 15) is 9.59 Å². The van der Waals surface area contributed by atoms with Gasteiger partial charge in [0.2, 0.25) is 0 Å². The number of Topliss-reactive ketones (excluding diaryl/α,β-unsaturated/α-hetero) is 1. The molecule has 0 saturated carbocycles. The van der Waals surface area contributed by atoms with E-state index in [-0.39, 0.29) is 11.7 Å². The number of amides is 1. The Balaban J connectivity index is 0.000000417. The standard InChI is InChI=1S/C15H19NO5.C4H8O/c1-20-12-5-3-4-11(14(12)21-2)13(17)10-6-8-16(9-7-10)15(18)19;1-2-4-5-3-1/h3-5,10H,6-9H2,1-2H3,(H,18,19);1-4H2. The number of likely N-dealkylation sites (tertiary alicyclic amines) is 1. The summed E-state index contributed by atoms with van der Waals surface area (Å²) in [5.41, 5.74) is 0.491. The molecule has 0 bridgehead atoms. The van der Waals surface area contributed by atoms with Crippen molar-refractivity contribution in [1.82, 2.24) is 4.90 Å². The molecule has 0 spiro atoms. The highest BCUT2D eigenvalue weighted by Gasteiger charge is 2.29. The Kier molecular flexibility index (Phi) is 7.72. The second-order valence-corrected chi connectivity index (χ2v) is 6.27. The highest BCUT2D eigenvalue weighted by atomic mass is 16.5. The Morgan fingerprint density at radius 2 is 1.77 bits per heavy atom. The molecular formula is C19H27NO6. The molecule has 0 aliphatic carbocycles. The van der Waals surface area contributed by atoms with E-state index in [4.69, 9.17) is 19.3 Å². The summed E-state index contributed by atoms with van der Waals surface area (Å²) < 4.78 is 15.4. The summed E-state index contributed by atoms with van der Waals surface area (Å²) in [6, 6.07) is 5.21. The third kappa shape index (κ3) is 5.11. The van der Waals surface area contributed by atoms with Gasteiger partial charge < -0.3 is 24.2 Å². The predicted molar refractivity (Wildman–Crippen MR) is 96.3 cm³/mol. The smallest absolute Gasteiger partial charge is 0.407 e. The van der Waals surface area contributed by atoms with Gasteiger partial charge in [0, 0.05) is 32.2 Å². The molecule has 1 aromatic carbocycles. The number of ether oxygens (including phenoxy) is 3. The quantitative estimate of drug-likeness (QED) is 0.826. The number of piperidine rings is 1. The van der Waals surface area contributed by atoms with Gasteiger partial charge in [-0.2, -0.15) is 0 Å². The fraction of sp³-hybridized carbons (Fsp3) is 0.579. The first kappa shape index (κ1) is 20.0. The minimum atomic E-state index is -0.931. The first-order valence-corrected chi connectivity index (χ1v) is 8.89. The average Bonchev–Trinajstić information content (AvgIpc) is 3.26. The van der Waals surface area contributed by atoms with Crippen LogP contribution in [-0.4, -0.2) is 62.4 Å². The van der Waals surface area contributed by atoms with E-state index < -0.39 is 6.09 Å². The number of carboxylic acid groups (broad SMARTS) is 1. The number of hydrogen-bond donors (Lipinski definition) is 1. The fourth-order valence-corrected chi connectivity index (χ4v) is 3.14. The minimum absolute atomic E-state index is 0.0178. The van der Waals surface area contributed by atoms with Gasteiger partial charge in [-0.05, 0) is 37.8 Å². The molecule has 0 radical (unpaired) electrons. The van der Waals surface area contributed by atoms with Crippen LogP contribution in [-0.2, 0) is 4.74 Å². The first-order valence-electron chi connectivity index (χ1n) is 8.89. The summed E-state index contributed by atoms with van der Waals surface area (Å²) >= 11 is 0. The van der Waals surface area contributed by atoms with Crippen molar-refractivity contribution in [3.8, 4) is 11.5 Å². The second-order valence-electron chi connectivity index (χ2n) is 6.27. The number of nitrogens with zero attached hydrogens (tertiary/aromatic N) is 1. The Morgan fingerprint density at radius 1 is 1.12 bits per heavy atom. The number of methoxy groups -OCH3 is 2. The molecule has 2 fully saturated rings. The molecule has 7 nitrogen and oxygen atoms in total. The van der Waals surface area contributed by atoms with E-state index in [1.165, 1.54) is 32.0 Å². The minimum Gasteiger partial charge on any atom is -0.493 e. The Bertz CT molecular complexity index is 598. The number of carbonyl (C=O) groups is 2. The molecule has 2 heterocycles. The maximum Gasteiger partial charge on any atom is 0.407 e. The van der Waals surface area contributed by atoms with Gasteiger partial charge in [0.15, 0.2) is 17.3 Å². The second kappa shape index (κ2) is 10.0. The largest absolute Gasteiger partial charge is 0.493 e. The van der Waals surface area contributed by atoms with Crippen LogP contribution in [0, 0.1) is 5.92 Å². The van der Waals surface area contributed by atoms with E-state index in [1.54, 1.807) is 18.2 Å². The van der Waals surface area contributed by atoms with E-state index >= 15 is 0 Å². The summed E-state index contributed by atoms with van der Waals surface area (Å²) in [7, 11) is 3.03. The van der Waals surface area contributed by atoms with Crippen LogP contribution in [0.5, 0.6) is 11.5 Å². The third-order valence-electron chi connectivity index (χ3n) is 4.63. The monoisotopic (exact) mass is 365 g/mol. The van der Waals surface area contributed by atoms with Crippen molar-refractivity contribution in [2.24, 2.45) is 5.92 Å². The summed E-state index contributed by atoms with van der Waals surface area (Å²) in [4.78, 5) is 24.9. The van der Waals surface area contributed by atoms with Crippen molar-refractivity contribution in [3.63, 3.8) is 0 Å². The SMILES string of the molecule is C1CCOC1.COc1cccc(C(=O)C2CCN(C(=O)O)CC2)c1OC. The molecular weight excluding hydrogens is 338 g/mol. The lowest BCUT2D eigenvalue weighted by atomic mass is 9.88. The van der Waals surface area contributed by atoms with Gasteiger partial charge in [-0.3, -0.25) is 4.79 Å². The van der Waals surface area contributed by atoms with Crippen molar-refractivity contribution < 1.29 is 28.9 Å². The van der Waals surface area contributed by atoms with Crippen LogP contribution in [0.4, 0.5) is 4.79 Å². The topological polar surface area (TPSA) is 85.3 Å². The number of para-hydroxylation sites is 1. The number of hydrogen-bond acceptors (Lipinski definition) is 5. The fourth-order valence-electron chi connectivity index (χ4n) is 3.14. The van der Waals surface area contributed by atoms with Crippen molar-refractivity contribution in [1.29, 1.82) is 0 Å². The van der Waals surface area contributed by atoms with Crippen molar-refractivity contribution in [2.75, 3.05) is 40.5 Å². The summed E-state index contributed by atoms with van der Waals surface area (Å²) in [6.07, 6.45) is 2.69. The van der Waals surface area contributed by atoms with E-state index in [2.05, 4.69) is 0 Å². The van der Waals surface area contributed by atoms with Gasteiger partial charge in [0.1, 0.15) is 0 Å². The molecule has 144 valence electrons. The van der Waals surface area contributed by atoms with Crippen LogP contribution in [0.3, 0.4) is 0 Å². The summed E-state index contributed by atoms with van der Waals surface area (Å²) in [6.45, 7) is 2.77. The maximum atomic E-state index is 12.6. The Labute approximate surface area is 153 Å². The molecule has 0 atom stereocenters. The van der Waals surface area contributed by atoms with Crippen LogP contribution >= 0.6 is 0 Å². The van der Waals surface area contributed by atoms with Gasteiger partial charge in [0.05, 0.1) is 19.8 Å². The number of carbonyl (C=O) groups excluding carboxylic acids is 1.